The maximum Gasteiger partial charge on any atom is 0.197 e. The van der Waals surface area contributed by atoms with Gasteiger partial charge in [0.25, 0.3) is 0 Å². The van der Waals surface area contributed by atoms with E-state index in [1.54, 1.807) is 11.3 Å². The Morgan fingerprint density at radius 2 is 2.19 bits per heavy atom. The Morgan fingerprint density at radius 3 is 2.90 bits per heavy atom. The van der Waals surface area contributed by atoms with Crippen LogP contribution in [0.5, 0.6) is 0 Å². The summed E-state index contributed by atoms with van der Waals surface area (Å²) < 4.78 is 7.00. The van der Waals surface area contributed by atoms with Crippen molar-refractivity contribution in [1.82, 2.24) is 10.3 Å². The second-order valence-corrected chi connectivity index (χ2v) is 6.72. The first-order chi connectivity index (χ1) is 10.3. The van der Waals surface area contributed by atoms with E-state index in [4.69, 9.17) is 4.42 Å². The molecule has 3 rings (SSSR count). The quantitative estimate of drug-likeness (QED) is 0.673. The molecule has 2 heterocycles. The lowest BCUT2D eigenvalue weighted by Gasteiger charge is -2.16. The second kappa shape index (κ2) is 6.73. The molecule has 0 spiro atoms. The smallest absolute Gasteiger partial charge is 0.197 e. The van der Waals surface area contributed by atoms with E-state index in [1.165, 1.54) is 4.88 Å². The molecule has 3 aromatic rings. The number of fused-ring (bicyclic) bond motifs is 1. The summed E-state index contributed by atoms with van der Waals surface area (Å²) in [6, 6.07) is 10.2. The molecule has 0 aliphatic heterocycles. The molecule has 0 aliphatic rings. The lowest BCUT2D eigenvalue weighted by Crippen LogP contribution is -2.23. The summed E-state index contributed by atoms with van der Waals surface area (Å²) in [5, 5.41) is 5.69. The fourth-order valence-corrected chi connectivity index (χ4v) is 4.04. The Hall–Kier alpha value is -1.17. The van der Waals surface area contributed by atoms with Gasteiger partial charge in [0.1, 0.15) is 5.52 Å². The predicted molar refractivity (Wildman–Crippen MR) is 90.8 cm³/mol. The molecule has 0 saturated carbocycles. The minimum absolute atomic E-state index is 0.229. The van der Waals surface area contributed by atoms with E-state index in [0.29, 0.717) is 0 Å². The lowest BCUT2D eigenvalue weighted by atomic mass is 10.1. The lowest BCUT2D eigenvalue weighted by molar-refractivity contribution is 0.457. The molecule has 1 unspecified atom stereocenters. The zero-order valence-corrected chi connectivity index (χ0v) is 14.2. The highest BCUT2D eigenvalue weighted by atomic mass is 79.9. The molecule has 0 saturated heterocycles. The average molecular weight is 365 g/mol. The molecule has 1 atom stereocenters. The normalized spacial score (nSPS) is 12.9. The minimum Gasteiger partial charge on any atom is -0.441 e. The summed E-state index contributed by atoms with van der Waals surface area (Å²) in [5.41, 5.74) is 1.78. The summed E-state index contributed by atoms with van der Waals surface area (Å²) in [7, 11) is 0. The molecule has 0 amide bonds. The Balaban J connectivity index is 1.85. The van der Waals surface area contributed by atoms with Crippen molar-refractivity contribution in [2.24, 2.45) is 0 Å². The molecule has 0 fully saturated rings. The van der Waals surface area contributed by atoms with Crippen LogP contribution < -0.4 is 5.32 Å². The molecular formula is C16H17BrN2OS. The summed E-state index contributed by atoms with van der Waals surface area (Å²) in [6.07, 6.45) is 1.86. The Bertz CT molecular complexity index is 689. The van der Waals surface area contributed by atoms with Crippen LogP contribution in [-0.4, -0.2) is 11.5 Å². The first kappa shape index (κ1) is 14.8. The van der Waals surface area contributed by atoms with Crippen LogP contribution >= 0.6 is 27.3 Å². The molecule has 21 heavy (non-hydrogen) atoms. The Kier molecular flexibility index (Phi) is 4.73. The van der Waals surface area contributed by atoms with Crippen molar-refractivity contribution in [2.45, 2.75) is 25.8 Å². The van der Waals surface area contributed by atoms with Crippen molar-refractivity contribution in [3.8, 4) is 0 Å². The number of oxazole rings is 1. The van der Waals surface area contributed by atoms with E-state index in [-0.39, 0.29) is 6.04 Å². The first-order valence-corrected chi connectivity index (χ1v) is 8.76. The van der Waals surface area contributed by atoms with Crippen molar-refractivity contribution < 1.29 is 4.42 Å². The van der Waals surface area contributed by atoms with Crippen LogP contribution in [0.1, 0.15) is 30.2 Å². The average Bonchev–Trinajstić information content (AvgIpc) is 3.08. The topological polar surface area (TPSA) is 38.1 Å². The van der Waals surface area contributed by atoms with Crippen LogP contribution in [0.3, 0.4) is 0 Å². The van der Waals surface area contributed by atoms with Gasteiger partial charge in [0.05, 0.1) is 6.04 Å². The van der Waals surface area contributed by atoms with Crippen molar-refractivity contribution in [2.75, 3.05) is 6.54 Å². The molecule has 3 nitrogen and oxygen atoms in total. The molecule has 1 aromatic carbocycles. The number of hydrogen-bond donors (Lipinski definition) is 1. The highest BCUT2D eigenvalue weighted by molar-refractivity contribution is 9.10. The standard InChI is InChI=1S/C16H17BrN2OS/c1-2-8-18-13(16-11(17)7-9-21-16)10-15-19-12-5-3-4-6-14(12)20-15/h3-7,9,13,18H,2,8,10H2,1H3. The van der Waals surface area contributed by atoms with Gasteiger partial charge in [0.15, 0.2) is 11.5 Å². The predicted octanol–water partition coefficient (Wildman–Crippen LogP) is 4.94. The molecule has 1 N–H and O–H groups in total. The van der Waals surface area contributed by atoms with Crippen LogP contribution in [0.2, 0.25) is 0 Å². The summed E-state index contributed by atoms with van der Waals surface area (Å²) >= 11 is 5.38. The second-order valence-electron chi connectivity index (χ2n) is 4.92. The number of para-hydroxylation sites is 2. The zero-order valence-electron chi connectivity index (χ0n) is 11.8. The van der Waals surface area contributed by atoms with Gasteiger partial charge in [-0.1, -0.05) is 19.1 Å². The van der Waals surface area contributed by atoms with Gasteiger partial charge in [-0.2, -0.15) is 0 Å². The van der Waals surface area contributed by atoms with E-state index in [0.717, 1.165) is 40.8 Å². The first-order valence-electron chi connectivity index (χ1n) is 7.08. The van der Waals surface area contributed by atoms with Crippen LogP contribution in [0.15, 0.2) is 44.6 Å². The van der Waals surface area contributed by atoms with Crippen LogP contribution in [0.4, 0.5) is 0 Å². The SMILES string of the molecule is CCCNC(Cc1nc2ccccc2o1)c1sccc1Br. The minimum atomic E-state index is 0.229. The zero-order chi connectivity index (χ0) is 14.7. The van der Waals surface area contributed by atoms with Gasteiger partial charge >= 0.3 is 0 Å². The molecule has 110 valence electrons. The number of aromatic nitrogens is 1. The molecule has 5 heteroatoms. The molecular weight excluding hydrogens is 348 g/mol. The van der Waals surface area contributed by atoms with E-state index in [2.05, 4.69) is 44.6 Å². The molecule has 0 aliphatic carbocycles. The van der Waals surface area contributed by atoms with Gasteiger partial charge in [-0.15, -0.1) is 11.3 Å². The van der Waals surface area contributed by atoms with E-state index in [9.17, 15) is 0 Å². The fraction of sp³-hybridized carbons (Fsp3) is 0.312. The number of nitrogens with one attached hydrogen (secondary N) is 1. The van der Waals surface area contributed by atoms with Crippen LogP contribution in [0.25, 0.3) is 11.1 Å². The largest absolute Gasteiger partial charge is 0.441 e. The van der Waals surface area contributed by atoms with Gasteiger partial charge in [0, 0.05) is 15.8 Å². The van der Waals surface area contributed by atoms with Gasteiger partial charge < -0.3 is 9.73 Å². The number of hydrogen-bond acceptors (Lipinski definition) is 4. The maximum atomic E-state index is 5.85. The molecule has 2 aromatic heterocycles. The Labute approximate surface area is 136 Å². The number of nitrogens with zero attached hydrogens (tertiary/aromatic N) is 1. The van der Waals surface area contributed by atoms with E-state index in [1.807, 2.05) is 24.3 Å². The van der Waals surface area contributed by atoms with E-state index >= 15 is 0 Å². The third-order valence-electron chi connectivity index (χ3n) is 3.32. The van der Waals surface area contributed by atoms with Crippen molar-refractivity contribution >= 4 is 38.4 Å². The number of halogens is 1. The maximum absolute atomic E-state index is 5.85. The molecule has 0 bridgehead atoms. The van der Waals surface area contributed by atoms with Crippen molar-refractivity contribution in [3.63, 3.8) is 0 Å². The summed E-state index contributed by atoms with van der Waals surface area (Å²) in [4.78, 5) is 5.88. The Morgan fingerprint density at radius 1 is 1.33 bits per heavy atom. The van der Waals surface area contributed by atoms with Gasteiger partial charge in [-0.3, -0.25) is 0 Å². The summed E-state index contributed by atoms with van der Waals surface area (Å²) in [5.74, 6) is 0.783. The van der Waals surface area contributed by atoms with Crippen LogP contribution in [0, 0.1) is 0 Å². The number of benzene rings is 1. The monoisotopic (exact) mass is 364 g/mol. The number of rotatable bonds is 6. The highest BCUT2D eigenvalue weighted by Gasteiger charge is 2.19. The third-order valence-corrected chi connectivity index (χ3v) is 5.30. The number of thiophene rings is 1. The van der Waals surface area contributed by atoms with Crippen molar-refractivity contribution in [3.05, 3.63) is 51.0 Å². The van der Waals surface area contributed by atoms with Gasteiger partial charge in [-0.05, 0) is 52.5 Å². The van der Waals surface area contributed by atoms with Gasteiger partial charge in [-0.25, -0.2) is 4.98 Å². The fourth-order valence-electron chi connectivity index (χ4n) is 2.31. The molecule has 0 radical (unpaired) electrons. The third kappa shape index (κ3) is 3.36. The van der Waals surface area contributed by atoms with Crippen LogP contribution in [-0.2, 0) is 6.42 Å². The summed E-state index contributed by atoms with van der Waals surface area (Å²) in [6.45, 7) is 3.15. The highest BCUT2D eigenvalue weighted by Crippen LogP contribution is 2.31. The van der Waals surface area contributed by atoms with Crippen molar-refractivity contribution in [1.29, 1.82) is 0 Å². The van der Waals surface area contributed by atoms with E-state index < -0.39 is 0 Å². The van der Waals surface area contributed by atoms with Gasteiger partial charge in [0.2, 0.25) is 0 Å².